The largest absolute Gasteiger partial charge is 0.506 e. The first-order valence-corrected chi connectivity index (χ1v) is 8.63. The lowest BCUT2D eigenvalue weighted by Crippen LogP contribution is -2.46. The summed E-state index contributed by atoms with van der Waals surface area (Å²) >= 11 is 6.11. The number of aliphatic hydroxyl groups is 1. The lowest BCUT2D eigenvalue weighted by molar-refractivity contribution is -0.128. The molecule has 1 fully saturated rings. The van der Waals surface area contributed by atoms with Gasteiger partial charge in [0.05, 0.1) is 5.41 Å². The number of halogens is 1. The molecular weight excluding hydrogens is 344 g/mol. The van der Waals surface area contributed by atoms with Crippen LogP contribution in [0.3, 0.4) is 0 Å². The molecule has 0 aromatic heterocycles. The maximum absolute atomic E-state index is 13.3. The zero-order valence-electron chi connectivity index (χ0n) is 13.9. The van der Waals surface area contributed by atoms with Gasteiger partial charge in [-0.05, 0) is 43.5 Å². The minimum Gasteiger partial charge on any atom is -0.506 e. The van der Waals surface area contributed by atoms with Crippen LogP contribution in [-0.2, 0) is 24.5 Å². The Balaban J connectivity index is 2.14. The van der Waals surface area contributed by atoms with E-state index in [0.717, 1.165) is 0 Å². The zero-order valence-corrected chi connectivity index (χ0v) is 14.7. The SMILES string of the molecule is CC(=O)CCC(=O)C1=C(O)c2ccc(Cl)cc2C2(CCOCC2)C1=O. The molecule has 1 aromatic carbocycles. The van der Waals surface area contributed by atoms with E-state index in [9.17, 15) is 19.5 Å². The van der Waals surface area contributed by atoms with Crippen molar-refractivity contribution in [2.24, 2.45) is 0 Å². The molecule has 25 heavy (non-hydrogen) atoms. The number of allylic oxidation sites excluding steroid dienone is 1. The third kappa shape index (κ3) is 3.02. The molecule has 0 atom stereocenters. The molecule has 0 bridgehead atoms. The molecule has 1 spiro atoms. The fourth-order valence-corrected chi connectivity index (χ4v) is 3.78. The van der Waals surface area contributed by atoms with Crippen LogP contribution in [0.2, 0.25) is 5.02 Å². The number of carbonyl (C=O) groups excluding carboxylic acids is 3. The van der Waals surface area contributed by atoms with E-state index in [1.807, 2.05) is 0 Å². The zero-order chi connectivity index (χ0) is 18.2. The molecule has 0 radical (unpaired) electrons. The summed E-state index contributed by atoms with van der Waals surface area (Å²) in [7, 11) is 0. The summed E-state index contributed by atoms with van der Waals surface area (Å²) in [6, 6.07) is 4.94. The average molecular weight is 363 g/mol. The fraction of sp³-hybridized carbons (Fsp3) is 0.421. The molecule has 1 aromatic rings. The molecule has 1 heterocycles. The molecule has 1 aliphatic heterocycles. The molecule has 0 unspecified atom stereocenters. The summed E-state index contributed by atoms with van der Waals surface area (Å²) in [5.41, 5.74) is -0.00433. The second-order valence-corrected chi connectivity index (χ2v) is 7.00. The normalized spacial score (nSPS) is 19.0. The van der Waals surface area contributed by atoms with E-state index in [1.165, 1.54) is 6.92 Å². The highest BCUT2D eigenvalue weighted by atomic mass is 35.5. The van der Waals surface area contributed by atoms with E-state index in [2.05, 4.69) is 0 Å². The van der Waals surface area contributed by atoms with Crippen LogP contribution < -0.4 is 0 Å². The van der Waals surface area contributed by atoms with Crippen molar-refractivity contribution in [3.63, 3.8) is 0 Å². The lowest BCUT2D eigenvalue weighted by atomic mass is 9.63. The molecule has 0 saturated carbocycles. The Morgan fingerprint density at radius 2 is 1.92 bits per heavy atom. The van der Waals surface area contributed by atoms with Crippen molar-refractivity contribution in [3.8, 4) is 0 Å². The van der Waals surface area contributed by atoms with E-state index in [-0.39, 0.29) is 30.0 Å². The van der Waals surface area contributed by atoms with E-state index in [0.29, 0.717) is 42.2 Å². The van der Waals surface area contributed by atoms with Crippen molar-refractivity contribution >= 4 is 34.7 Å². The Bertz CT molecular complexity index is 787. The van der Waals surface area contributed by atoms with Crippen LogP contribution in [-0.4, -0.2) is 35.7 Å². The summed E-state index contributed by atoms with van der Waals surface area (Å²) in [6.45, 7) is 2.18. The van der Waals surface area contributed by atoms with Crippen LogP contribution in [0.1, 0.15) is 43.7 Å². The van der Waals surface area contributed by atoms with Crippen molar-refractivity contribution in [1.29, 1.82) is 0 Å². The molecule has 3 rings (SSSR count). The third-order valence-electron chi connectivity index (χ3n) is 4.98. The number of rotatable bonds is 4. The first-order valence-electron chi connectivity index (χ1n) is 8.25. The van der Waals surface area contributed by atoms with Gasteiger partial charge in [-0.15, -0.1) is 0 Å². The van der Waals surface area contributed by atoms with Crippen LogP contribution in [0.25, 0.3) is 5.76 Å². The van der Waals surface area contributed by atoms with Crippen LogP contribution in [0.5, 0.6) is 0 Å². The van der Waals surface area contributed by atoms with E-state index in [4.69, 9.17) is 16.3 Å². The van der Waals surface area contributed by atoms with Gasteiger partial charge in [0.2, 0.25) is 0 Å². The number of ketones is 3. The summed E-state index contributed by atoms with van der Waals surface area (Å²) in [6.07, 6.45) is 0.814. The number of hydrogen-bond donors (Lipinski definition) is 1. The standard InChI is InChI=1S/C19H19ClO5/c1-11(21)2-5-15(22)16-17(23)13-4-3-12(20)10-14(13)19(18(16)24)6-8-25-9-7-19/h3-4,10,23H,2,5-9H2,1H3. The van der Waals surface area contributed by atoms with Gasteiger partial charge in [0.15, 0.2) is 11.6 Å². The second kappa shape index (κ2) is 6.73. The van der Waals surface area contributed by atoms with Gasteiger partial charge >= 0.3 is 0 Å². The molecule has 1 N–H and O–H groups in total. The van der Waals surface area contributed by atoms with Gasteiger partial charge in [0.25, 0.3) is 0 Å². The number of ether oxygens (including phenoxy) is 1. The number of carbonyl (C=O) groups is 3. The lowest BCUT2D eigenvalue weighted by Gasteiger charge is -2.40. The van der Waals surface area contributed by atoms with Crippen LogP contribution in [0.15, 0.2) is 23.8 Å². The van der Waals surface area contributed by atoms with Crippen molar-refractivity contribution in [1.82, 2.24) is 0 Å². The minimum atomic E-state index is -0.911. The molecule has 1 saturated heterocycles. The molecule has 1 aliphatic carbocycles. The van der Waals surface area contributed by atoms with Gasteiger partial charge in [-0.25, -0.2) is 0 Å². The smallest absolute Gasteiger partial charge is 0.180 e. The maximum Gasteiger partial charge on any atom is 0.180 e. The van der Waals surface area contributed by atoms with E-state index in [1.54, 1.807) is 18.2 Å². The first kappa shape index (κ1) is 17.8. The van der Waals surface area contributed by atoms with Crippen molar-refractivity contribution in [2.45, 2.75) is 38.0 Å². The molecular formula is C19H19ClO5. The molecule has 2 aliphatic rings. The van der Waals surface area contributed by atoms with Gasteiger partial charge in [-0.3, -0.25) is 9.59 Å². The monoisotopic (exact) mass is 362 g/mol. The Kier molecular flexibility index (Phi) is 4.80. The number of benzene rings is 1. The molecule has 6 heteroatoms. The second-order valence-electron chi connectivity index (χ2n) is 6.56. The number of hydrogen-bond acceptors (Lipinski definition) is 5. The topological polar surface area (TPSA) is 80.7 Å². The highest BCUT2D eigenvalue weighted by Gasteiger charge is 2.49. The maximum atomic E-state index is 13.3. The van der Waals surface area contributed by atoms with Crippen molar-refractivity contribution in [3.05, 3.63) is 39.9 Å². The van der Waals surface area contributed by atoms with E-state index >= 15 is 0 Å². The van der Waals surface area contributed by atoms with Gasteiger partial charge in [0.1, 0.15) is 17.1 Å². The molecule has 0 amide bonds. The van der Waals surface area contributed by atoms with Gasteiger partial charge in [0, 0.05) is 36.6 Å². The predicted molar refractivity (Wildman–Crippen MR) is 92.7 cm³/mol. The van der Waals surface area contributed by atoms with Gasteiger partial charge in [-0.1, -0.05) is 11.6 Å². The fourth-order valence-electron chi connectivity index (χ4n) is 3.61. The first-order chi connectivity index (χ1) is 11.9. The van der Waals surface area contributed by atoms with E-state index < -0.39 is 17.0 Å². The Morgan fingerprint density at radius 1 is 1.24 bits per heavy atom. The summed E-state index contributed by atoms with van der Waals surface area (Å²) in [4.78, 5) is 37.0. The average Bonchev–Trinajstić information content (AvgIpc) is 2.59. The number of fused-ring (bicyclic) bond motifs is 2. The molecule has 5 nitrogen and oxygen atoms in total. The van der Waals surface area contributed by atoms with Crippen LogP contribution in [0.4, 0.5) is 0 Å². The quantitative estimate of drug-likeness (QED) is 0.832. The Morgan fingerprint density at radius 3 is 2.56 bits per heavy atom. The number of aliphatic hydroxyl groups excluding tert-OH is 1. The predicted octanol–water partition coefficient (Wildman–Crippen LogP) is 3.18. The Labute approximate surface area is 150 Å². The number of Topliss-reactive ketones (excluding diaryl/α,β-unsaturated/α-hetero) is 3. The summed E-state index contributed by atoms with van der Waals surface area (Å²) < 4.78 is 5.40. The molecule has 132 valence electrons. The minimum absolute atomic E-state index is 0.0481. The Hall–Kier alpha value is -1.98. The third-order valence-corrected chi connectivity index (χ3v) is 5.22. The van der Waals surface area contributed by atoms with Crippen molar-refractivity contribution in [2.75, 3.05) is 13.2 Å². The van der Waals surface area contributed by atoms with Gasteiger partial charge in [-0.2, -0.15) is 0 Å². The van der Waals surface area contributed by atoms with Crippen LogP contribution in [0, 0.1) is 0 Å². The highest BCUT2D eigenvalue weighted by Crippen LogP contribution is 2.46. The van der Waals surface area contributed by atoms with Gasteiger partial charge < -0.3 is 14.6 Å². The van der Waals surface area contributed by atoms with Crippen molar-refractivity contribution < 1.29 is 24.2 Å². The highest BCUT2D eigenvalue weighted by molar-refractivity contribution is 6.32. The van der Waals surface area contributed by atoms with Crippen LogP contribution >= 0.6 is 11.6 Å². The summed E-state index contributed by atoms with van der Waals surface area (Å²) in [5.74, 6) is -1.34. The summed E-state index contributed by atoms with van der Waals surface area (Å²) in [5, 5.41) is 11.1.